The Balaban J connectivity index is 2.71. The molecular formula is C19H36BNO5. The highest BCUT2D eigenvalue weighted by atomic mass is 16.5. The molecule has 26 heavy (non-hydrogen) atoms. The molecule has 0 aromatic carbocycles. The summed E-state index contributed by atoms with van der Waals surface area (Å²) < 4.78 is 16.4. The first-order valence-corrected chi connectivity index (χ1v) is 10.0. The van der Waals surface area contributed by atoms with Crippen LogP contribution in [0.5, 0.6) is 0 Å². The van der Waals surface area contributed by atoms with E-state index in [0.29, 0.717) is 5.82 Å². The molecule has 0 N–H and O–H groups in total. The third-order valence-corrected chi connectivity index (χ3v) is 5.37. The fourth-order valence-corrected chi connectivity index (χ4v) is 3.28. The lowest BCUT2D eigenvalue weighted by Gasteiger charge is -2.31. The van der Waals surface area contributed by atoms with Gasteiger partial charge in [-0.2, -0.15) is 0 Å². The van der Waals surface area contributed by atoms with E-state index in [0.717, 1.165) is 45.1 Å². The molecule has 1 aliphatic rings. The molecule has 0 amide bonds. The van der Waals surface area contributed by atoms with Crippen molar-refractivity contribution in [1.82, 2.24) is 4.90 Å². The van der Waals surface area contributed by atoms with E-state index < -0.39 is 0 Å². The lowest BCUT2D eigenvalue weighted by molar-refractivity contribution is -0.145. The maximum absolute atomic E-state index is 12.4. The summed E-state index contributed by atoms with van der Waals surface area (Å²) >= 11 is 0. The molecule has 0 spiro atoms. The molecule has 3 atom stereocenters. The van der Waals surface area contributed by atoms with Crippen LogP contribution in [0.15, 0.2) is 0 Å². The molecule has 0 saturated heterocycles. The van der Waals surface area contributed by atoms with Gasteiger partial charge in [-0.05, 0) is 38.3 Å². The minimum absolute atomic E-state index is 0.0532. The maximum Gasteiger partial charge on any atom is 0.361 e. The first kappa shape index (κ1) is 23.0. The van der Waals surface area contributed by atoms with E-state index >= 15 is 0 Å². The van der Waals surface area contributed by atoms with Crippen molar-refractivity contribution in [2.45, 2.75) is 84.1 Å². The van der Waals surface area contributed by atoms with Crippen molar-refractivity contribution in [2.24, 2.45) is 0 Å². The van der Waals surface area contributed by atoms with Gasteiger partial charge < -0.3 is 14.1 Å². The molecule has 0 heterocycles. The Morgan fingerprint density at radius 3 is 2.50 bits per heavy atom. The predicted molar refractivity (Wildman–Crippen MR) is 103 cm³/mol. The van der Waals surface area contributed by atoms with Crippen LogP contribution in [0.2, 0.25) is 12.6 Å². The van der Waals surface area contributed by atoms with Crippen LogP contribution in [0.25, 0.3) is 0 Å². The van der Waals surface area contributed by atoms with Crippen LogP contribution in [0, 0.1) is 0 Å². The smallest absolute Gasteiger partial charge is 0.361 e. The lowest BCUT2D eigenvalue weighted by atomic mass is 9.58. The van der Waals surface area contributed by atoms with Gasteiger partial charge in [-0.3, -0.25) is 14.5 Å². The lowest BCUT2D eigenvalue weighted by Crippen LogP contribution is -2.47. The second-order valence-corrected chi connectivity index (χ2v) is 7.32. The van der Waals surface area contributed by atoms with Crippen molar-refractivity contribution < 1.29 is 23.7 Å². The highest BCUT2D eigenvalue weighted by Crippen LogP contribution is 2.27. The Morgan fingerprint density at radius 2 is 1.88 bits per heavy atom. The van der Waals surface area contributed by atoms with Gasteiger partial charge in [0.25, 0.3) is 0 Å². The Bertz CT molecular complexity index is 434. The van der Waals surface area contributed by atoms with E-state index in [1.807, 2.05) is 11.7 Å². The average molecular weight is 369 g/mol. The molecular weight excluding hydrogens is 333 g/mol. The van der Waals surface area contributed by atoms with Crippen molar-refractivity contribution in [3.63, 3.8) is 0 Å². The SMILES string of the molecule is CCCCO[C@H]1CCC[C@@H]1N(CC(=O)OC)CC(=O)OB(C)[C@@H](C)CC. The summed E-state index contributed by atoms with van der Waals surface area (Å²) in [7, 11) is 1.37. The molecule has 0 aromatic heterocycles. The molecule has 1 rings (SSSR count). The number of rotatable bonds is 12. The number of nitrogens with zero attached hydrogens (tertiary/aromatic N) is 1. The predicted octanol–water partition coefficient (Wildman–Crippen LogP) is 3.16. The molecule has 1 saturated carbocycles. The molecule has 7 heteroatoms. The molecule has 150 valence electrons. The number of carbonyl (C=O) groups is 2. The van der Waals surface area contributed by atoms with Crippen LogP contribution in [0.4, 0.5) is 0 Å². The monoisotopic (exact) mass is 369 g/mol. The molecule has 1 fully saturated rings. The van der Waals surface area contributed by atoms with E-state index in [4.69, 9.17) is 14.1 Å². The number of esters is 1. The summed E-state index contributed by atoms with van der Waals surface area (Å²) in [6.07, 6.45) is 6.05. The summed E-state index contributed by atoms with van der Waals surface area (Å²) in [4.78, 5) is 26.1. The van der Waals surface area contributed by atoms with Crippen molar-refractivity contribution in [3.05, 3.63) is 0 Å². The van der Waals surface area contributed by atoms with Crippen LogP contribution in [-0.2, 0) is 23.7 Å². The first-order valence-electron chi connectivity index (χ1n) is 10.0. The van der Waals surface area contributed by atoms with E-state index in [9.17, 15) is 9.59 Å². The van der Waals surface area contributed by atoms with Crippen molar-refractivity contribution >= 4 is 18.9 Å². The summed E-state index contributed by atoms with van der Waals surface area (Å²) in [5, 5.41) is 0. The summed E-state index contributed by atoms with van der Waals surface area (Å²) in [6.45, 7) is 8.96. The number of unbranched alkanes of at least 4 members (excludes halogenated alkanes) is 1. The summed E-state index contributed by atoms with van der Waals surface area (Å²) in [5.74, 6) is -0.322. The second-order valence-electron chi connectivity index (χ2n) is 7.32. The Morgan fingerprint density at radius 1 is 1.19 bits per heavy atom. The van der Waals surface area contributed by atoms with Gasteiger partial charge in [-0.15, -0.1) is 0 Å². The highest BCUT2D eigenvalue weighted by molar-refractivity contribution is 6.53. The second kappa shape index (κ2) is 12.3. The van der Waals surface area contributed by atoms with Crippen molar-refractivity contribution in [3.8, 4) is 0 Å². The van der Waals surface area contributed by atoms with Gasteiger partial charge in [-0.1, -0.05) is 33.6 Å². The van der Waals surface area contributed by atoms with Crippen LogP contribution < -0.4 is 0 Å². The average Bonchev–Trinajstić information content (AvgIpc) is 3.08. The minimum atomic E-state index is -0.341. The van der Waals surface area contributed by atoms with Gasteiger partial charge >= 0.3 is 18.9 Å². The van der Waals surface area contributed by atoms with Gasteiger partial charge in [0, 0.05) is 12.6 Å². The Kier molecular flexibility index (Phi) is 10.9. The summed E-state index contributed by atoms with van der Waals surface area (Å²) in [6, 6.07) is 0.0532. The molecule has 0 radical (unpaired) electrons. The minimum Gasteiger partial charge on any atom is -0.535 e. The molecule has 0 aliphatic heterocycles. The Hall–Kier alpha value is -1.08. The topological polar surface area (TPSA) is 65.1 Å². The third kappa shape index (κ3) is 7.66. The standard InChI is InChI=1S/C19H36BNO5/c1-6-8-12-25-17-11-9-10-16(17)21(13-18(22)24-5)14-19(23)26-20(4)15(3)7-2/h15-17H,6-14H2,1-5H3/t15-,16-,17-/m0/s1. The normalized spacial score (nSPS) is 20.8. The van der Waals surface area contributed by atoms with E-state index in [1.165, 1.54) is 7.11 Å². The van der Waals surface area contributed by atoms with Gasteiger partial charge in [0.2, 0.25) is 0 Å². The quantitative estimate of drug-likeness (QED) is 0.299. The van der Waals surface area contributed by atoms with Crippen LogP contribution >= 0.6 is 0 Å². The van der Waals surface area contributed by atoms with Gasteiger partial charge in [-0.25, -0.2) is 0 Å². The molecule has 0 bridgehead atoms. The summed E-state index contributed by atoms with van der Waals surface area (Å²) in [5.41, 5.74) is 0. The fraction of sp³-hybridized carbons (Fsp3) is 0.895. The zero-order chi connectivity index (χ0) is 19.5. The van der Waals surface area contributed by atoms with E-state index in [2.05, 4.69) is 20.8 Å². The van der Waals surface area contributed by atoms with E-state index in [-0.39, 0.29) is 44.1 Å². The number of hydrogen-bond donors (Lipinski definition) is 0. The number of hydrogen-bond acceptors (Lipinski definition) is 6. The van der Waals surface area contributed by atoms with Crippen LogP contribution in [0.1, 0.15) is 59.3 Å². The van der Waals surface area contributed by atoms with Crippen LogP contribution in [0.3, 0.4) is 0 Å². The van der Waals surface area contributed by atoms with E-state index in [1.54, 1.807) is 0 Å². The molecule has 0 unspecified atom stereocenters. The highest BCUT2D eigenvalue weighted by Gasteiger charge is 2.35. The van der Waals surface area contributed by atoms with Crippen LogP contribution in [-0.4, -0.2) is 62.7 Å². The molecule has 0 aromatic rings. The number of methoxy groups -OCH3 is 1. The number of ether oxygens (including phenoxy) is 2. The zero-order valence-electron chi connectivity index (χ0n) is 17.2. The van der Waals surface area contributed by atoms with Crippen molar-refractivity contribution in [1.29, 1.82) is 0 Å². The van der Waals surface area contributed by atoms with Gasteiger partial charge in [0.1, 0.15) is 0 Å². The van der Waals surface area contributed by atoms with Crippen molar-refractivity contribution in [2.75, 3.05) is 26.8 Å². The third-order valence-electron chi connectivity index (χ3n) is 5.37. The van der Waals surface area contributed by atoms with Gasteiger partial charge in [0.05, 0.1) is 26.3 Å². The molecule has 6 nitrogen and oxygen atoms in total. The first-order chi connectivity index (χ1) is 12.4. The number of carbonyl (C=O) groups excluding carboxylic acids is 2. The largest absolute Gasteiger partial charge is 0.535 e. The maximum atomic E-state index is 12.4. The zero-order valence-corrected chi connectivity index (χ0v) is 17.2. The molecule has 1 aliphatic carbocycles. The van der Waals surface area contributed by atoms with Gasteiger partial charge in [0.15, 0.2) is 0 Å². The fourth-order valence-electron chi connectivity index (χ4n) is 3.28. The Labute approximate surface area is 159 Å².